The van der Waals surface area contributed by atoms with Crippen LogP contribution in [0.3, 0.4) is 0 Å². The molecule has 1 aliphatic heterocycles. The predicted octanol–water partition coefficient (Wildman–Crippen LogP) is 1.81. The number of ether oxygens (including phenoxy) is 1. The number of nitrogen functional groups attached to an aromatic ring is 1. The maximum atomic E-state index is 11.1. The van der Waals surface area contributed by atoms with Crippen molar-refractivity contribution in [3.05, 3.63) is 23.8 Å². The Morgan fingerprint density at radius 3 is 3.06 bits per heavy atom. The Kier molecular flexibility index (Phi) is 4.04. The topological polar surface area (TPSA) is 84.6 Å². The van der Waals surface area contributed by atoms with Crippen LogP contribution >= 0.6 is 0 Å². The highest BCUT2D eigenvalue weighted by Gasteiger charge is 2.15. The van der Waals surface area contributed by atoms with Crippen LogP contribution < -0.4 is 11.1 Å². The van der Waals surface area contributed by atoms with Crippen molar-refractivity contribution in [3.63, 3.8) is 0 Å². The number of anilines is 2. The second kappa shape index (κ2) is 5.73. The third-order valence-corrected chi connectivity index (χ3v) is 3.11. The van der Waals surface area contributed by atoms with Crippen LogP contribution in [0, 0.1) is 5.92 Å². The first-order chi connectivity index (χ1) is 8.66. The standard InChI is InChI=1S/C13H18N2O3/c14-10-3-4-11(13(16)17)12(6-10)15-7-9-2-1-5-18-8-9/h3-4,6,9,15H,1-2,5,7-8,14H2,(H,16,17). The molecule has 1 saturated heterocycles. The summed E-state index contributed by atoms with van der Waals surface area (Å²) in [5.74, 6) is -0.515. The van der Waals surface area contributed by atoms with Gasteiger partial charge in [0.2, 0.25) is 0 Å². The lowest BCUT2D eigenvalue weighted by Crippen LogP contribution is -2.24. The third-order valence-electron chi connectivity index (χ3n) is 3.11. The monoisotopic (exact) mass is 250 g/mol. The molecule has 1 aromatic rings. The number of nitrogens with two attached hydrogens (primary N) is 1. The molecule has 1 heterocycles. The Bertz CT molecular complexity index is 428. The number of aromatic carboxylic acids is 1. The Balaban J connectivity index is 2.03. The highest BCUT2D eigenvalue weighted by molar-refractivity contribution is 5.95. The van der Waals surface area contributed by atoms with Crippen molar-refractivity contribution in [2.45, 2.75) is 12.8 Å². The summed E-state index contributed by atoms with van der Waals surface area (Å²) < 4.78 is 5.39. The van der Waals surface area contributed by atoms with Crippen LogP contribution in [0.15, 0.2) is 18.2 Å². The molecule has 0 aliphatic carbocycles. The molecule has 98 valence electrons. The molecule has 0 bridgehead atoms. The molecule has 0 spiro atoms. The number of carbonyl (C=O) groups is 1. The summed E-state index contributed by atoms with van der Waals surface area (Å²) in [6.07, 6.45) is 2.17. The van der Waals surface area contributed by atoms with Gasteiger partial charge >= 0.3 is 5.97 Å². The molecule has 0 aromatic heterocycles. The van der Waals surface area contributed by atoms with Crippen molar-refractivity contribution in [2.75, 3.05) is 30.8 Å². The first kappa shape index (κ1) is 12.7. The summed E-state index contributed by atoms with van der Waals surface area (Å²) in [5, 5.41) is 12.3. The molecule has 1 aliphatic rings. The second-order valence-corrected chi connectivity index (χ2v) is 4.57. The van der Waals surface area contributed by atoms with Gasteiger partial charge in [0.05, 0.1) is 17.9 Å². The molecule has 5 heteroatoms. The number of carboxylic acids is 1. The molecule has 1 fully saturated rings. The number of rotatable bonds is 4. The lowest BCUT2D eigenvalue weighted by Gasteiger charge is -2.23. The largest absolute Gasteiger partial charge is 0.478 e. The maximum Gasteiger partial charge on any atom is 0.337 e. The fraction of sp³-hybridized carbons (Fsp3) is 0.462. The molecule has 18 heavy (non-hydrogen) atoms. The van der Waals surface area contributed by atoms with Crippen LogP contribution in [0.5, 0.6) is 0 Å². The predicted molar refractivity (Wildman–Crippen MR) is 69.8 cm³/mol. The summed E-state index contributed by atoms with van der Waals surface area (Å²) in [6, 6.07) is 4.78. The molecule has 1 aromatic carbocycles. The highest BCUT2D eigenvalue weighted by Crippen LogP contribution is 2.21. The smallest absolute Gasteiger partial charge is 0.337 e. The highest BCUT2D eigenvalue weighted by atomic mass is 16.5. The fourth-order valence-electron chi connectivity index (χ4n) is 2.12. The lowest BCUT2D eigenvalue weighted by atomic mass is 10.0. The lowest BCUT2D eigenvalue weighted by molar-refractivity contribution is 0.0595. The van der Waals surface area contributed by atoms with Gasteiger partial charge in [0.1, 0.15) is 0 Å². The van der Waals surface area contributed by atoms with E-state index in [0.717, 1.165) is 26.1 Å². The molecule has 1 atom stereocenters. The summed E-state index contributed by atoms with van der Waals surface area (Å²) in [4.78, 5) is 11.1. The molecule has 0 saturated carbocycles. The number of hydrogen-bond acceptors (Lipinski definition) is 4. The van der Waals surface area contributed by atoms with Gasteiger partial charge in [0.15, 0.2) is 0 Å². The van der Waals surface area contributed by atoms with Gasteiger partial charge in [0.25, 0.3) is 0 Å². The van der Waals surface area contributed by atoms with Gasteiger partial charge in [-0.05, 0) is 37.0 Å². The first-order valence-electron chi connectivity index (χ1n) is 6.11. The average Bonchev–Trinajstić information content (AvgIpc) is 2.37. The van der Waals surface area contributed by atoms with Crippen molar-refractivity contribution in [1.29, 1.82) is 0 Å². The van der Waals surface area contributed by atoms with Crippen molar-refractivity contribution >= 4 is 17.3 Å². The minimum absolute atomic E-state index is 0.251. The van der Waals surface area contributed by atoms with Crippen molar-refractivity contribution in [2.24, 2.45) is 5.92 Å². The molecular formula is C13H18N2O3. The van der Waals surface area contributed by atoms with Gasteiger partial charge in [0, 0.05) is 18.8 Å². The molecule has 2 rings (SSSR count). The van der Waals surface area contributed by atoms with Crippen LogP contribution in [0.4, 0.5) is 11.4 Å². The normalized spacial score (nSPS) is 19.4. The van der Waals surface area contributed by atoms with Gasteiger partial charge in [-0.3, -0.25) is 0 Å². The second-order valence-electron chi connectivity index (χ2n) is 4.57. The number of carboxylic acid groups (broad SMARTS) is 1. The van der Waals surface area contributed by atoms with Gasteiger partial charge < -0.3 is 20.9 Å². The van der Waals surface area contributed by atoms with Gasteiger partial charge in [-0.2, -0.15) is 0 Å². The first-order valence-corrected chi connectivity index (χ1v) is 6.11. The number of nitrogens with one attached hydrogen (secondary N) is 1. The van der Waals surface area contributed by atoms with Crippen LogP contribution in [0.1, 0.15) is 23.2 Å². The SMILES string of the molecule is Nc1ccc(C(=O)O)c(NCC2CCCOC2)c1. The summed E-state index contributed by atoms with van der Waals surface area (Å²) >= 11 is 0. The van der Waals surface area contributed by atoms with E-state index in [2.05, 4.69) is 5.32 Å². The Labute approximate surface area is 106 Å². The van der Waals surface area contributed by atoms with Crippen molar-refractivity contribution in [3.8, 4) is 0 Å². The van der Waals surface area contributed by atoms with E-state index in [1.165, 1.54) is 6.07 Å². The van der Waals surface area contributed by atoms with E-state index in [1.807, 2.05) is 0 Å². The summed E-state index contributed by atoms with van der Waals surface area (Å²) in [7, 11) is 0. The zero-order valence-corrected chi connectivity index (χ0v) is 10.2. The average molecular weight is 250 g/mol. The quantitative estimate of drug-likeness (QED) is 0.710. The summed E-state index contributed by atoms with van der Waals surface area (Å²) in [5.41, 5.74) is 7.06. The van der Waals surface area contributed by atoms with E-state index in [-0.39, 0.29) is 5.56 Å². The van der Waals surface area contributed by atoms with Gasteiger partial charge in [-0.25, -0.2) is 4.79 Å². The van der Waals surface area contributed by atoms with Gasteiger partial charge in [-0.15, -0.1) is 0 Å². The Morgan fingerprint density at radius 2 is 2.39 bits per heavy atom. The number of hydrogen-bond donors (Lipinski definition) is 3. The van der Waals surface area contributed by atoms with Crippen LogP contribution in [-0.4, -0.2) is 30.8 Å². The van der Waals surface area contributed by atoms with Gasteiger partial charge in [-0.1, -0.05) is 0 Å². The van der Waals surface area contributed by atoms with Crippen molar-refractivity contribution < 1.29 is 14.6 Å². The zero-order chi connectivity index (χ0) is 13.0. The van der Waals surface area contributed by atoms with E-state index >= 15 is 0 Å². The molecule has 0 amide bonds. The minimum atomic E-state index is -0.947. The molecule has 1 unspecified atom stereocenters. The molecular weight excluding hydrogens is 232 g/mol. The van der Waals surface area contributed by atoms with E-state index in [4.69, 9.17) is 15.6 Å². The molecule has 5 nitrogen and oxygen atoms in total. The van der Waals surface area contributed by atoms with E-state index in [9.17, 15) is 4.79 Å². The third kappa shape index (κ3) is 3.13. The van der Waals surface area contributed by atoms with E-state index in [1.54, 1.807) is 12.1 Å². The Hall–Kier alpha value is -1.75. The fourth-order valence-corrected chi connectivity index (χ4v) is 2.12. The van der Waals surface area contributed by atoms with E-state index < -0.39 is 5.97 Å². The minimum Gasteiger partial charge on any atom is -0.478 e. The molecule has 0 radical (unpaired) electrons. The van der Waals surface area contributed by atoms with Crippen LogP contribution in [0.25, 0.3) is 0 Å². The number of benzene rings is 1. The van der Waals surface area contributed by atoms with E-state index in [0.29, 0.717) is 23.8 Å². The van der Waals surface area contributed by atoms with Crippen molar-refractivity contribution in [1.82, 2.24) is 0 Å². The van der Waals surface area contributed by atoms with Crippen LogP contribution in [-0.2, 0) is 4.74 Å². The summed E-state index contributed by atoms with van der Waals surface area (Å²) in [6.45, 7) is 2.27. The van der Waals surface area contributed by atoms with Crippen LogP contribution in [0.2, 0.25) is 0 Å². The molecule has 4 N–H and O–H groups in total. The Morgan fingerprint density at radius 1 is 1.56 bits per heavy atom. The zero-order valence-electron chi connectivity index (χ0n) is 10.2. The maximum absolute atomic E-state index is 11.1.